The van der Waals surface area contributed by atoms with E-state index in [0.717, 1.165) is 4.88 Å². The van der Waals surface area contributed by atoms with Gasteiger partial charge >= 0.3 is 0 Å². The van der Waals surface area contributed by atoms with Crippen molar-refractivity contribution in [3.8, 4) is 0 Å². The van der Waals surface area contributed by atoms with Crippen LogP contribution in [0.2, 0.25) is 18.1 Å². The van der Waals surface area contributed by atoms with Gasteiger partial charge in [0, 0.05) is 23.1 Å². The molecule has 1 rings (SSSR count). The molecule has 5 nitrogen and oxygen atoms in total. The van der Waals surface area contributed by atoms with Crippen LogP contribution in [-0.2, 0) is 20.7 Å². The Bertz CT molecular complexity index is 552. The Morgan fingerprint density at radius 2 is 1.86 bits per heavy atom. The molecule has 8 heteroatoms. The average molecular weight is 351 g/mol. The Labute approximate surface area is 134 Å². The third-order valence-electron chi connectivity index (χ3n) is 3.96. The Kier molecular flexibility index (Phi) is 5.63. The van der Waals surface area contributed by atoms with Gasteiger partial charge in [-0.1, -0.05) is 34.6 Å². The third-order valence-corrected chi connectivity index (χ3v) is 10.3. The highest BCUT2D eigenvalue weighted by Gasteiger charge is 2.39. The third kappa shape index (κ3) is 5.05. The summed E-state index contributed by atoms with van der Waals surface area (Å²) >= 11 is 1.36. The number of hydrogen-bond acceptors (Lipinski definition) is 5. The minimum Gasteiger partial charge on any atom is -0.416 e. The van der Waals surface area contributed by atoms with Crippen LogP contribution in [0, 0.1) is 0 Å². The molecular formula is C13H26N2O3S2Si. The Morgan fingerprint density at radius 1 is 1.29 bits per heavy atom. The molecule has 0 aliphatic carbocycles. The summed E-state index contributed by atoms with van der Waals surface area (Å²) in [5.74, 6) is 0. The SMILES string of the molecule is CC(C)(CO[Si](C)(C)C(C)(C)C)c1cnc(N[SH](=O)=O)s1. The van der Waals surface area contributed by atoms with E-state index in [1.807, 2.05) is 0 Å². The number of anilines is 1. The number of thiazole rings is 1. The van der Waals surface area contributed by atoms with Crippen LogP contribution in [0.3, 0.4) is 0 Å². The molecular weight excluding hydrogens is 324 g/mol. The molecule has 0 aliphatic rings. The van der Waals surface area contributed by atoms with E-state index in [1.165, 1.54) is 11.3 Å². The zero-order valence-corrected chi connectivity index (χ0v) is 16.5. The summed E-state index contributed by atoms with van der Waals surface area (Å²) in [6.45, 7) is 15.9. The number of aromatic nitrogens is 1. The van der Waals surface area contributed by atoms with Gasteiger partial charge in [0.05, 0.1) is 0 Å². The molecule has 21 heavy (non-hydrogen) atoms. The lowest BCUT2D eigenvalue weighted by molar-refractivity contribution is 0.222. The fraction of sp³-hybridized carbons (Fsp3) is 0.769. The van der Waals surface area contributed by atoms with Crippen molar-refractivity contribution in [1.29, 1.82) is 0 Å². The predicted octanol–water partition coefficient (Wildman–Crippen LogP) is 3.38. The zero-order valence-electron chi connectivity index (χ0n) is 13.8. The average Bonchev–Trinajstić information content (AvgIpc) is 2.73. The van der Waals surface area contributed by atoms with Crippen molar-refractivity contribution in [2.75, 3.05) is 11.3 Å². The zero-order chi connectivity index (χ0) is 16.5. The highest BCUT2D eigenvalue weighted by Crippen LogP contribution is 2.39. The number of nitrogens with zero attached hydrogens (tertiary/aromatic N) is 1. The van der Waals surface area contributed by atoms with Gasteiger partial charge in [0.15, 0.2) is 13.4 Å². The Hall–Kier alpha value is -0.443. The van der Waals surface area contributed by atoms with Crippen LogP contribution >= 0.6 is 11.3 Å². The molecule has 1 heterocycles. The van der Waals surface area contributed by atoms with E-state index < -0.39 is 19.2 Å². The number of thiol groups is 1. The minimum absolute atomic E-state index is 0.171. The van der Waals surface area contributed by atoms with Crippen LogP contribution in [0.25, 0.3) is 0 Å². The first kappa shape index (κ1) is 18.6. The van der Waals surface area contributed by atoms with E-state index in [2.05, 4.69) is 57.4 Å². The Balaban J connectivity index is 2.80. The highest BCUT2D eigenvalue weighted by molar-refractivity contribution is 7.74. The van der Waals surface area contributed by atoms with Crippen molar-refractivity contribution < 1.29 is 12.8 Å². The molecule has 0 unspecified atom stereocenters. The van der Waals surface area contributed by atoms with Gasteiger partial charge in [-0.05, 0) is 18.1 Å². The van der Waals surface area contributed by atoms with Gasteiger partial charge in [-0.15, -0.1) is 11.3 Å². The van der Waals surface area contributed by atoms with E-state index >= 15 is 0 Å². The molecule has 0 radical (unpaired) electrons. The van der Waals surface area contributed by atoms with E-state index in [-0.39, 0.29) is 10.5 Å². The lowest BCUT2D eigenvalue weighted by Gasteiger charge is -2.38. The first-order valence-corrected chi connectivity index (χ1v) is 11.8. The van der Waals surface area contributed by atoms with Crippen molar-refractivity contribution in [3.63, 3.8) is 0 Å². The molecule has 0 amide bonds. The fourth-order valence-electron chi connectivity index (χ4n) is 1.37. The Morgan fingerprint density at radius 3 is 2.33 bits per heavy atom. The summed E-state index contributed by atoms with van der Waals surface area (Å²) in [6.07, 6.45) is 1.72. The summed E-state index contributed by atoms with van der Waals surface area (Å²) < 4.78 is 29.9. The molecule has 0 aliphatic heterocycles. The lowest BCUT2D eigenvalue weighted by atomic mass is 9.94. The molecule has 1 aromatic heterocycles. The fourth-order valence-corrected chi connectivity index (χ4v) is 3.89. The van der Waals surface area contributed by atoms with E-state index in [0.29, 0.717) is 11.7 Å². The molecule has 0 saturated carbocycles. The predicted molar refractivity (Wildman–Crippen MR) is 92.2 cm³/mol. The van der Waals surface area contributed by atoms with Crippen LogP contribution < -0.4 is 4.72 Å². The molecule has 1 aromatic rings. The maximum atomic E-state index is 10.7. The molecule has 0 fully saturated rings. The van der Waals surface area contributed by atoms with Gasteiger partial charge in [0.1, 0.15) is 0 Å². The lowest BCUT2D eigenvalue weighted by Crippen LogP contribution is -2.43. The smallest absolute Gasteiger partial charge is 0.224 e. The second kappa shape index (κ2) is 6.35. The second-order valence-corrected chi connectivity index (χ2v) is 13.9. The summed E-state index contributed by atoms with van der Waals surface area (Å²) in [5.41, 5.74) is -0.193. The topological polar surface area (TPSA) is 68.3 Å². The van der Waals surface area contributed by atoms with E-state index in [4.69, 9.17) is 4.43 Å². The van der Waals surface area contributed by atoms with E-state index in [9.17, 15) is 8.42 Å². The highest BCUT2D eigenvalue weighted by atomic mass is 32.2. The van der Waals surface area contributed by atoms with Crippen molar-refractivity contribution in [2.45, 2.75) is 58.2 Å². The molecule has 0 spiro atoms. The maximum absolute atomic E-state index is 10.7. The van der Waals surface area contributed by atoms with Crippen molar-refractivity contribution >= 4 is 35.7 Å². The number of nitrogens with one attached hydrogen (secondary N) is 1. The number of rotatable bonds is 6. The normalized spacial score (nSPS) is 13.7. The van der Waals surface area contributed by atoms with Gasteiger partial charge in [-0.2, -0.15) is 0 Å². The minimum atomic E-state index is -2.67. The molecule has 0 atom stereocenters. The molecule has 0 saturated heterocycles. The molecule has 0 aromatic carbocycles. The van der Waals surface area contributed by atoms with Crippen molar-refractivity contribution in [2.24, 2.45) is 0 Å². The van der Waals surface area contributed by atoms with Crippen LogP contribution in [0.4, 0.5) is 5.13 Å². The largest absolute Gasteiger partial charge is 0.416 e. The van der Waals surface area contributed by atoms with Crippen LogP contribution in [-0.4, -0.2) is 28.3 Å². The standard InChI is InChI=1S/C13H26N2O3S2Si/c1-12(2,3)21(6,7)18-9-13(4,5)10-8-14-11(19-10)15-20(16)17/h8,20H,9H2,1-7H3,(H,14,15,16,17). The van der Waals surface area contributed by atoms with Gasteiger partial charge in [-0.25, -0.2) is 13.4 Å². The van der Waals surface area contributed by atoms with Crippen LogP contribution in [0.1, 0.15) is 39.5 Å². The van der Waals surface area contributed by atoms with Gasteiger partial charge in [0.2, 0.25) is 10.9 Å². The molecule has 0 bridgehead atoms. The van der Waals surface area contributed by atoms with Gasteiger partial charge in [0.25, 0.3) is 0 Å². The van der Waals surface area contributed by atoms with Gasteiger partial charge < -0.3 is 4.43 Å². The van der Waals surface area contributed by atoms with Crippen molar-refractivity contribution in [3.05, 3.63) is 11.1 Å². The first-order chi connectivity index (χ1) is 9.35. The second-order valence-electron chi connectivity index (χ2n) is 7.33. The van der Waals surface area contributed by atoms with Crippen LogP contribution in [0.5, 0.6) is 0 Å². The summed E-state index contributed by atoms with van der Waals surface area (Å²) in [7, 11) is -4.46. The first-order valence-electron chi connectivity index (χ1n) is 6.86. The number of hydrogen-bond donors (Lipinski definition) is 2. The monoisotopic (exact) mass is 350 g/mol. The van der Waals surface area contributed by atoms with Gasteiger partial charge in [-0.3, -0.25) is 4.72 Å². The maximum Gasteiger partial charge on any atom is 0.224 e. The quantitative estimate of drug-likeness (QED) is 0.609. The summed E-state index contributed by atoms with van der Waals surface area (Å²) in [4.78, 5) is 5.11. The van der Waals surface area contributed by atoms with E-state index in [1.54, 1.807) is 6.20 Å². The summed E-state index contributed by atoms with van der Waals surface area (Å²) in [5, 5.41) is 0.575. The summed E-state index contributed by atoms with van der Waals surface area (Å²) in [6, 6.07) is 0. The van der Waals surface area contributed by atoms with Crippen molar-refractivity contribution in [1.82, 2.24) is 4.98 Å². The van der Waals surface area contributed by atoms with Crippen LogP contribution in [0.15, 0.2) is 6.20 Å². The molecule has 122 valence electrons. The molecule has 1 N–H and O–H groups in total.